The van der Waals surface area contributed by atoms with E-state index in [-0.39, 0.29) is 18.5 Å². The molecule has 0 saturated carbocycles. The van der Waals surface area contributed by atoms with Crippen molar-refractivity contribution < 1.29 is 14.3 Å². The molecule has 1 atom stereocenters. The Morgan fingerprint density at radius 2 is 1.78 bits per heavy atom. The molecule has 138 valence electrons. The van der Waals surface area contributed by atoms with Crippen molar-refractivity contribution in [1.82, 2.24) is 0 Å². The van der Waals surface area contributed by atoms with Gasteiger partial charge in [-0.1, -0.05) is 38.1 Å². The number of ether oxygens (including phenoxy) is 2. The molecule has 2 aromatic rings. The summed E-state index contributed by atoms with van der Waals surface area (Å²) in [4.78, 5) is 12.9. The van der Waals surface area contributed by atoms with Gasteiger partial charge in [0.1, 0.15) is 0 Å². The number of allylic oxidation sites excluding steroid dienone is 2. The molecule has 27 heavy (non-hydrogen) atoms. The maximum absolute atomic E-state index is 12.9. The summed E-state index contributed by atoms with van der Waals surface area (Å²) in [5.41, 5.74) is 6.56. The molecule has 2 aliphatic heterocycles. The van der Waals surface area contributed by atoms with Crippen LogP contribution in [-0.2, 0) is 4.79 Å². The summed E-state index contributed by atoms with van der Waals surface area (Å²) in [6, 6.07) is 12.8. The van der Waals surface area contributed by atoms with Gasteiger partial charge in [0.2, 0.25) is 6.79 Å². The van der Waals surface area contributed by atoms with Gasteiger partial charge in [0.05, 0.1) is 0 Å². The molecule has 0 fully saturated rings. The summed E-state index contributed by atoms with van der Waals surface area (Å²) >= 11 is 0. The molecule has 0 radical (unpaired) electrons. The standard InChI is InChI=1S/C23H23NO3/c1-13(2)14-6-8-15(9-7-14)22-16-10-20-21(27-12-26-20)11-18(16)24-17-4-3-5-19(25)23(17)22/h6-11,13,22,24H,3-5,12H2,1-2H3. The molecule has 5 rings (SSSR count). The third kappa shape index (κ3) is 2.62. The minimum absolute atomic E-state index is 0.0558. The highest BCUT2D eigenvalue weighted by Crippen LogP contribution is 2.49. The van der Waals surface area contributed by atoms with Gasteiger partial charge in [0.15, 0.2) is 17.3 Å². The van der Waals surface area contributed by atoms with Crippen LogP contribution < -0.4 is 14.8 Å². The Kier molecular flexibility index (Phi) is 3.74. The van der Waals surface area contributed by atoms with Crippen LogP contribution in [0.5, 0.6) is 11.5 Å². The topological polar surface area (TPSA) is 47.6 Å². The van der Waals surface area contributed by atoms with Gasteiger partial charge in [-0.2, -0.15) is 0 Å². The monoisotopic (exact) mass is 361 g/mol. The number of fused-ring (bicyclic) bond motifs is 2. The molecule has 0 saturated heterocycles. The molecule has 4 nitrogen and oxygen atoms in total. The number of benzene rings is 2. The zero-order valence-corrected chi connectivity index (χ0v) is 15.7. The second kappa shape index (κ2) is 6.15. The third-order valence-electron chi connectivity index (χ3n) is 5.82. The van der Waals surface area contributed by atoms with Crippen molar-refractivity contribution in [1.29, 1.82) is 0 Å². The summed E-state index contributed by atoms with van der Waals surface area (Å²) in [5.74, 6) is 2.21. The van der Waals surface area contributed by atoms with Crippen LogP contribution in [0, 0.1) is 0 Å². The molecule has 1 N–H and O–H groups in total. The number of nitrogens with one attached hydrogen (secondary N) is 1. The average Bonchev–Trinajstić information content (AvgIpc) is 3.12. The smallest absolute Gasteiger partial charge is 0.231 e. The molecule has 0 amide bonds. The van der Waals surface area contributed by atoms with Gasteiger partial charge in [0.25, 0.3) is 0 Å². The molecule has 2 aromatic carbocycles. The summed E-state index contributed by atoms with van der Waals surface area (Å²) < 4.78 is 11.2. The lowest BCUT2D eigenvalue weighted by molar-refractivity contribution is -0.116. The fourth-order valence-corrected chi connectivity index (χ4v) is 4.37. The minimum atomic E-state index is -0.0558. The van der Waals surface area contributed by atoms with Crippen LogP contribution in [0.25, 0.3) is 0 Å². The first-order chi connectivity index (χ1) is 13.1. The highest BCUT2D eigenvalue weighted by Gasteiger charge is 2.36. The number of Topliss-reactive ketones (excluding diaryl/α,β-unsaturated/α-hetero) is 1. The van der Waals surface area contributed by atoms with Gasteiger partial charge in [-0.3, -0.25) is 4.79 Å². The fourth-order valence-electron chi connectivity index (χ4n) is 4.37. The quantitative estimate of drug-likeness (QED) is 0.808. The first kappa shape index (κ1) is 16.4. The third-order valence-corrected chi connectivity index (χ3v) is 5.82. The molecule has 4 heteroatoms. The zero-order valence-electron chi connectivity index (χ0n) is 15.7. The van der Waals surface area contributed by atoms with E-state index in [1.54, 1.807) is 0 Å². The van der Waals surface area contributed by atoms with E-state index in [9.17, 15) is 4.79 Å². The average molecular weight is 361 g/mol. The molecule has 0 aromatic heterocycles. The zero-order chi connectivity index (χ0) is 18.5. The van der Waals surface area contributed by atoms with E-state index in [4.69, 9.17) is 9.47 Å². The highest BCUT2D eigenvalue weighted by molar-refractivity contribution is 6.01. The van der Waals surface area contributed by atoms with Gasteiger partial charge in [-0.15, -0.1) is 0 Å². The molecule has 1 aliphatic carbocycles. The predicted octanol–water partition coefficient (Wildman–Crippen LogP) is 5.10. The Labute approximate surface area is 159 Å². The first-order valence-electron chi connectivity index (χ1n) is 9.68. The van der Waals surface area contributed by atoms with Gasteiger partial charge < -0.3 is 14.8 Å². The number of anilines is 1. The number of hydrogen-bond donors (Lipinski definition) is 1. The normalized spacial score (nSPS) is 20.4. The maximum Gasteiger partial charge on any atom is 0.231 e. The van der Waals surface area contributed by atoms with Crippen molar-refractivity contribution in [2.24, 2.45) is 0 Å². The lowest BCUT2D eigenvalue weighted by Gasteiger charge is -2.34. The summed E-state index contributed by atoms with van der Waals surface area (Å²) in [5, 5.41) is 3.51. The number of ketones is 1. The van der Waals surface area contributed by atoms with Crippen molar-refractivity contribution in [3.63, 3.8) is 0 Å². The van der Waals surface area contributed by atoms with Crippen LogP contribution in [-0.4, -0.2) is 12.6 Å². The molecule has 0 spiro atoms. The Balaban J connectivity index is 1.68. The minimum Gasteiger partial charge on any atom is -0.454 e. The van der Waals surface area contributed by atoms with Gasteiger partial charge in [-0.25, -0.2) is 0 Å². The maximum atomic E-state index is 12.9. The summed E-state index contributed by atoms with van der Waals surface area (Å²) in [6.07, 6.45) is 2.44. The van der Waals surface area contributed by atoms with E-state index in [1.165, 1.54) is 5.56 Å². The number of carbonyl (C=O) groups is 1. The number of rotatable bonds is 2. The summed E-state index contributed by atoms with van der Waals surface area (Å²) in [7, 11) is 0. The Morgan fingerprint density at radius 3 is 2.52 bits per heavy atom. The van der Waals surface area contributed by atoms with Crippen molar-refractivity contribution in [3.8, 4) is 11.5 Å². The fraction of sp³-hybridized carbons (Fsp3) is 0.348. The van der Waals surface area contributed by atoms with E-state index in [1.807, 2.05) is 12.1 Å². The number of hydrogen-bond acceptors (Lipinski definition) is 4. The van der Waals surface area contributed by atoms with Crippen LogP contribution >= 0.6 is 0 Å². The Hall–Kier alpha value is -2.75. The Morgan fingerprint density at radius 1 is 1.04 bits per heavy atom. The van der Waals surface area contributed by atoms with Gasteiger partial charge in [-0.05, 0) is 41.5 Å². The SMILES string of the molecule is CC(C)c1ccc(C2C3=C(CCCC3=O)Nc3cc4c(cc32)OCO4)cc1. The first-order valence-corrected chi connectivity index (χ1v) is 9.68. The molecular formula is C23H23NO3. The van der Waals surface area contributed by atoms with Crippen molar-refractivity contribution >= 4 is 11.5 Å². The van der Waals surface area contributed by atoms with E-state index in [0.717, 1.165) is 52.4 Å². The Bertz CT molecular complexity index is 956. The van der Waals surface area contributed by atoms with Crippen molar-refractivity contribution in [2.45, 2.75) is 44.9 Å². The molecule has 3 aliphatic rings. The van der Waals surface area contributed by atoms with Crippen molar-refractivity contribution in [3.05, 3.63) is 64.4 Å². The summed E-state index contributed by atoms with van der Waals surface area (Å²) in [6.45, 7) is 4.64. The largest absolute Gasteiger partial charge is 0.454 e. The van der Waals surface area contributed by atoms with E-state index >= 15 is 0 Å². The molecular weight excluding hydrogens is 338 g/mol. The van der Waals surface area contributed by atoms with Crippen molar-refractivity contribution in [2.75, 3.05) is 12.1 Å². The predicted molar refractivity (Wildman–Crippen MR) is 104 cm³/mol. The van der Waals surface area contributed by atoms with Crippen LogP contribution in [0.4, 0.5) is 5.69 Å². The van der Waals surface area contributed by atoms with Crippen LogP contribution in [0.1, 0.15) is 61.6 Å². The second-order valence-electron chi connectivity index (χ2n) is 7.84. The van der Waals surface area contributed by atoms with Gasteiger partial charge >= 0.3 is 0 Å². The van der Waals surface area contributed by atoms with E-state index in [0.29, 0.717) is 12.3 Å². The van der Waals surface area contributed by atoms with E-state index in [2.05, 4.69) is 43.4 Å². The lowest BCUT2D eigenvalue weighted by atomic mass is 9.75. The van der Waals surface area contributed by atoms with Crippen LogP contribution in [0.15, 0.2) is 47.7 Å². The van der Waals surface area contributed by atoms with Crippen LogP contribution in [0.2, 0.25) is 0 Å². The molecule has 0 bridgehead atoms. The molecule has 2 heterocycles. The second-order valence-corrected chi connectivity index (χ2v) is 7.84. The van der Waals surface area contributed by atoms with Gasteiger partial charge in [0, 0.05) is 35.4 Å². The number of carbonyl (C=O) groups excluding carboxylic acids is 1. The van der Waals surface area contributed by atoms with E-state index < -0.39 is 0 Å². The highest BCUT2D eigenvalue weighted by atomic mass is 16.7. The van der Waals surface area contributed by atoms with Crippen LogP contribution in [0.3, 0.4) is 0 Å². The lowest BCUT2D eigenvalue weighted by Crippen LogP contribution is -2.26. The molecule has 1 unspecified atom stereocenters.